The van der Waals surface area contributed by atoms with Crippen molar-refractivity contribution < 1.29 is 4.42 Å². The number of thiophene rings is 1. The van der Waals surface area contributed by atoms with E-state index in [4.69, 9.17) is 4.42 Å². The van der Waals surface area contributed by atoms with E-state index < -0.39 is 0 Å². The smallest absolute Gasteiger partial charge is 0.199 e. The van der Waals surface area contributed by atoms with Gasteiger partial charge in [-0.05, 0) is 25.4 Å². The molecule has 2 rings (SSSR count). The van der Waals surface area contributed by atoms with Crippen molar-refractivity contribution in [3.63, 3.8) is 0 Å². The lowest BCUT2D eigenvalue weighted by Crippen LogP contribution is -2.11. The SMILES string of the molecule is CNC(C)c1cnc(Cc2cccs2)o1. The third kappa shape index (κ3) is 2.46. The van der Waals surface area contributed by atoms with Crippen LogP contribution in [0.5, 0.6) is 0 Å². The van der Waals surface area contributed by atoms with E-state index in [1.165, 1.54) is 4.88 Å². The van der Waals surface area contributed by atoms with Gasteiger partial charge in [0.05, 0.1) is 18.7 Å². The summed E-state index contributed by atoms with van der Waals surface area (Å²) in [6.45, 7) is 2.05. The highest BCUT2D eigenvalue weighted by atomic mass is 32.1. The second-order valence-corrected chi connectivity index (χ2v) is 4.46. The predicted molar refractivity (Wildman–Crippen MR) is 61.1 cm³/mol. The topological polar surface area (TPSA) is 38.1 Å². The summed E-state index contributed by atoms with van der Waals surface area (Å²) in [5, 5.41) is 5.19. The van der Waals surface area contributed by atoms with E-state index in [1.54, 1.807) is 17.5 Å². The molecule has 2 heterocycles. The minimum absolute atomic E-state index is 0.217. The van der Waals surface area contributed by atoms with Crippen molar-refractivity contribution in [2.75, 3.05) is 7.05 Å². The molecule has 2 aromatic rings. The summed E-state index contributed by atoms with van der Waals surface area (Å²) in [6.07, 6.45) is 2.58. The molecule has 0 saturated carbocycles. The molecule has 15 heavy (non-hydrogen) atoms. The van der Waals surface area contributed by atoms with E-state index in [2.05, 4.69) is 28.7 Å². The quantitative estimate of drug-likeness (QED) is 0.864. The van der Waals surface area contributed by atoms with Gasteiger partial charge in [-0.15, -0.1) is 11.3 Å². The summed E-state index contributed by atoms with van der Waals surface area (Å²) in [7, 11) is 1.91. The molecule has 0 spiro atoms. The molecular weight excluding hydrogens is 208 g/mol. The third-order valence-corrected chi connectivity index (χ3v) is 3.21. The Morgan fingerprint density at radius 1 is 1.60 bits per heavy atom. The Hall–Kier alpha value is -1.13. The fraction of sp³-hybridized carbons (Fsp3) is 0.364. The van der Waals surface area contributed by atoms with Crippen LogP contribution in [-0.2, 0) is 6.42 Å². The van der Waals surface area contributed by atoms with Gasteiger partial charge in [-0.3, -0.25) is 0 Å². The molecule has 4 heteroatoms. The average molecular weight is 222 g/mol. The summed E-state index contributed by atoms with van der Waals surface area (Å²) >= 11 is 1.73. The first kappa shape index (κ1) is 10.4. The van der Waals surface area contributed by atoms with Gasteiger partial charge < -0.3 is 9.73 Å². The normalized spacial score (nSPS) is 12.9. The van der Waals surface area contributed by atoms with Crippen molar-refractivity contribution in [1.29, 1.82) is 0 Å². The van der Waals surface area contributed by atoms with Gasteiger partial charge in [0.2, 0.25) is 0 Å². The van der Waals surface area contributed by atoms with Gasteiger partial charge in [0.25, 0.3) is 0 Å². The van der Waals surface area contributed by atoms with Gasteiger partial charge >= 0.3 is 0 Å². The molecule has 0 aliphatic carbocycles. The zero-order chi connectivity index (χ0) is 10.7. The molecule has 0 bridgehead atoms. The Morgan fingerprint density at radius 3 is 3.13 bits per heavy atom. The second kappa shape index (κ2) is 4.59. The second-order valence-electron chi connectivity index (χ2n) is 3.42. The van der Waals surface area contributed by atoms with E-state index in [1.807, 2.05) is 13.1 Å². The number of nitrogens with one attached hydrogen (secondary N) is 1. The van der Waals surface area contributed by atoms with Crippen LogP contribution in [0.1, 0.15) is 29.5 Å². The monoisotopic (exact) mass is 222 g/mol. The summed E-state index contributed by atoms with van der Waals surface area (Å²) in [4.78, 5) is 5.54. The van der Waals surface area contributed by atoms with Gasteiger partial charge in [-0.1, -0.05) is 6.07 Å². The van der Waals surface area contributed by atoms with E-state index in [9.17, 15) is 0 Å². The largest absolute Gasteiger partial charge is 0.444 e. The van der Waals surface area contributed by atoms with Gasteiger partial charge in [-0.25, -0.2) is 4.98 Å². The van der Waals surface area contributed by atoms with Crippen LogP contribution in [0.3, 0.4) is 0 Å². The zero-order valence-corrected chi connectivity index (χ0v) is 9.67. The standard InChI is InChI=1S/C11H14N2OS/c1-8(12-2)10-7-13-11(14-10)6-9-4-3-5-15-9/h3-5,7-8,12H,6H2,1-2H3. The predicted octanol–water partition coefficient (Wildman–Crippen LogP) is 2.61. The Labute approximate surface area is 93.2 Å². The Morgan fingerprint density at radius 2 is 2.47 bits per heavy atom. The Bertz CT molecular complexity index is 408. The van der Waals surface area contributed by atoms with E-state index >= 15 is 0 Å². The first-order valence-electron chi connectivity index (χ1n) is 4.94. The van der Waals surface area contributed by atoms with Gasteiger partial charge in [-0.2, -0.15) is 0 Å². The van der Waals surface area contributed by atoms with Crippen molar-refractivity contribution >= 4 is 11.3 Å². The van der Waals surface area contributed by atoms with Crippen LogP contribution in [0.15, 0.2) is 28.1 Å². The van der Waals surface area contributed by atoms with E-state index in [-0.39, 0.29) is 6.04 Å². The van der Waals surface area contributed by atoms with Crippen LogP contribution in [0.25, 0.3) is 0 Å². The highest BCUT2D eigenvalue weighted by molar-refractivity contribution is 7.09. The highest BCUT2D eigenvalue weighted by Crippen LogP contribution is 2.17. The van der Waals surface area contributed by atoms with Crippen molar-refractivity contribution in [1.82, 2.24) is 10.3 Å². The van der Waals surface area contributed by atoms with Gasteiger partial charge in [0.1, 0.15) is 5.76 Å². The number of rotatable bonds is 4. The summed E-state index contributed by atoms with van der Waals surface area (Å²) in [6, 6.07) is 4.35. The van der Waals surface area contributed by atoms with Gasteiger partial charge in [0.15, 0.2) is 5.89 Å². The molecule has 1 atom stereocenters. The van der Waals surface area contributed by atoms with Crippen LogP contribution in [0.2, 0.25) is 0 Å². The fourth-order valence-corrected chi connectivity index (χ4v) is 2.01. The number of hydrogen-bond acceptors (Lipinski definition) is 4. The first-order chi connectivity index (χ1) is 7.29. The number of nitrogens with zero attached hydrogens (tertiary/aromatic N) is 1. The minimum atomic E-state index is 0.217. The molecule has 1 N–H and O–H groups in total. The molecule has 2 aromatic heterocycles. The number of oxazole rings is 1. The Kier molecular flexibility index (Phi) is 3.18. The van der Waals surface area contributed by atoms with Crippen molar-refractivity contribution in [2.45, 2.75) is 19.4 Å². The first-order valence-corrected chi connectivity index (χ1v) is 5.82. The molecule has 0 aromatic carbocycles. The molecule has 80 valence electrons. The third-order valence-electron chi connectivity index (χ3n) is 2.34. The lowest BCUT2D eigenvalue weighted by Gasteiger charge is -2.03. The van der Waals surface area contributed by atoms with E-state index in [0.717, 1.165) is 18.1 Å². The summed E-state index contributed by atoms with van der Waals surface area (Å²) < 4.78 is 5.64. The Balaban J connectivity index is 2.07. The lowest BCUT2D eigenvalue weighted by molar-refractivity contribution is 0.420. The van der Waals surface area contributed by atoms with E-state index in [0.29, 0.717) is 0 Å². The summed E-state index contributed by atoms with van der Waals surface area (Å²) in [5.74, 6) is 1.68. The molecule has 0 aliphatic rings. The van der Waals surface area contributed by atoms with Crippen LogP contribution >= 0.6 is 11.3 Å². The summed E-state index contributed by atoms with van der Waals surface area (Å²) in [5.41, 5.74) is 0. The molecule has 0 saturated heterocycles. The highest BCUT2D eigenvalue weighted by Gasteiger charge is 2.10. The number of hydrogen-bond donors (Lipinski definition) is 1. The molecule has 0 radical (unpaired) electrons. The van der Waals surface area contributed by atoms with Crippen molar-refractivity contribution in [3.8, 4) is 0 Å². The zero-order valence-electron chi connectivity index (χ0n) is 8.86. The molecule has 0 aliphatic heterocycles. The molecule has 1 unspecified atom stereocenters. The molecular formula is C11H14N2OS. The average Bonchev–Trinajstić information content (AvgIpc) is 2.88. The van der Waals surface area contributed by atoms with Crippen molar-refractivity contribution in [3.05, 3.63) is 40.2 Å². The van der Waals surface area contributed by atoms with Crippen LogP contribution < -0.4 is 5.32 Å². The maximum atomic E-state index is 5.64. The fourth-order valence-electron chi connectivity index (χ4n) is 1.31. The van der Waals surface area contributed by atoms with Crippen LogP contribution in [-0.4, -0.2) is 12.0 Å². The van der Waals surface area contributed by atoms with Gasteiger partial charge in [0, 0.05) is 4.88 Å². The molecule has 0 amide bonds. The lowest BCUT2D eigenvalue weighted by atomic mass is 10.3. The van der Waals surface area contributed by atoms with Crippen LogP contribution in [0.4, 0.5) is 0 Å². The van der Waals surface area contributed by atoms with Crippen molar-refractivity contribution in [2.24, 2.45) is 0 Å². The molecule has 0 fully saturated rings. The number of aromatic nitrogens is 1. The maximum Gasteiger partial charge on any atom is 0.199 e. The minimum Gasteiger partial charge on any atom is -0.444 e. The van der Waals surface area contributed by atoms with Crippen LogP contribution in [0, 0.1) is 0 Å². The maximum absolute atomic E-state index is 5.64. The molecule has 3 nitrogen and oxygen atoms in total.